The molecule has 0 aromatic heterocycles. The van der Waals surface area contributed by atoms with Crippen LogP contribution in [0.4, 0.5) is 0 Å². The summed E-state index contributed by atoms with van der Waals surface area (Å²) >= 11 is 0. The second-order valence-corrected chi connectivity index (χ2v) is 5.33. The molecule has 10 heteroatoms. The summed E-state index contributed by atoms with van der Waals surface area (Å²) in [7, 11) is -4.19. The fourth-order valence-corrected chi connectivity index (χ4v) is 1.57. The van der Waals surface area contributed by atoms with E-state index in [1.165, 1.54) is 6.92 Å². The molecule has 0 saturated heterocycles. The van der Waals surface area contributed by atoms with E-state index in [0.717, 1.165) is 0 Å². The molecule has 110 valence electrons. The second-order valence-electron chi connectivity index (χ2n) is 3.76. The number of carbonyl (C=O) groups is 3. The molecule has 0 saturated carbocycles. The zero-order valence-electron chi connectivity index (χ0n) is 10.2. The molecule has 0 bridgehead atoms. The Morgan fingerprint density at radius 3 is 2.26 bits per heavy atom. The molecule has 0 radical (unpaired) electrons. The van der Waals surface area contributed by atoms with Gasteiger partial charge in [0.15, 0.2) is 0 Å². The fourth-order valence-electron chi connectivity index (χ4n) is 1.21. The van der Waals surface area contributed by atoms with E-state index in [1.807, 2.05) is 0 Å². The molecule has 0 rings (SSSR count). The Bertz CT molecular complexity index is 445. The van der Waals surface area contributed by atoms with E-state index < -0.39 is 39.7 Å². The van der Waals surface area contributed by atoms with Gasteiger partial charge in [0, 0.05) is 19.9 Å². The van der Waals surface area contributed by atoms with Crippen LogP contribution >= 0.6 is 0 Å². The van der Waals surface area contributed by atoms with E-state index in [9.17, 15) is 22.8 Å². The van der Waals surface area contributed by atoms with Crippen molar-refractivity contribution in [2.24, 2.45) is 0 Å². The van der Waals surface area contributed by atoms with Gasteiger partial charge >= 0.3 is 5.97 Å². The van der Waals surface area contributed by atoms with Gasteiger partial charge in [0.2, 0.25) is 11.8 Å². The van der Waals surface area contributed by atoms with Crippen LogP contribution in [0.5, 0.6) is 0 Å². The van der Waals surface area contributed by atoms with E-state index in [-0.39, 0.29) is 19.4 Å². The first-order valence-electron chi connectivity index (χ1n) is 5.33. The number of carbonyl (C=O) groups excluding carboxylic acids is 2. The molecule has 4 N–H and O–H groups in total. The van der Waals surface area contributed by atoms with Crippen molar-refractivity contribution < 1.29 is 32.5 Å². The van der Waals surface area contributed by atoms with Crippen LogP contribution in [0.1, 0.15) is 19.8 Å². The molecule has 0 spiro atoms. The van der Waals surface area contributed by atoms with Gasteiger partial charge in [-0.15, -0.1) is 0 Å². The van der Waals surface area contributed by atoms with Crippen molar-refractivity contribution in [3.05, 3.63) is 0 Å². The van der Waals surface area contributed by atoms with Gasteiger partial charge in [0.05, 0.1) is 5.75 Å². The topological polar surface area (TPSA) is 150 Å². The molecule has 1 atom stereocenters. The third-order valence-corrected chi connectivity index (χ3v) is 2.72. The number of nitrogens with one attached hydrogen (secondary N) is 2. The number of carboxylic acid groups (broad SMARTS) is 1. The molecule has 19 heavy (non-hydrogen) atoms. The minimum Gasteiger partial charge on any atom is -0.481 e. The number of amides is 2. The highest BCUT2D eigenvalue weighted by molar-refractivity contribution is 7.85. The van der Waals surface area contributed by atoms with E-state index in [1.54, 1.807) is 0 Å². The van der Waals surface area contributed by atoms with Crippen LogP contribution in [0, 0.1) is 0 Å². The zero-order valence-corrected chi connectivity index (χ0v) is 11.1. The average Bonchev–Trinajstić information content (AvgIpc) is 2.21. The predicted octanol–water partition coefficient (Wildman–Crippen LogP) is -1.64. The normalized spacial score (nSPS) is 12.5. The summed E-state index contributed by atoms with van der Waals surface area (Å²) in [6.45, 7) is 0.833. The summed E-state index contributed by atoms with van der Waals surface area (Å²) in [6.07, 6.45) is -0.441. The van der Waals surface area contributed by atoms with Gasteiger partial charge in [-0.1, -0.05) is 0 Å². The molecule has 0 aliphatic rings. The number of carboxylic acids is 1. The van der Waals surface area contributed by atoms with Crippen LogP contribution in [-0.2, 0) is 24.5 Å². The van der Waals surface area contributed by atoms with E-state index >= 15 is 0 Å². The Labute approximate surface area is 110 Å². The Balaban J connectivity index is 4.36. The lowest BCUT2D eigenvalue weighted by molar-refractivity contribution is -0.137. The SMILES string of the molecule is CC(=O)N[C@@H](CCC(=O)O)C(=O)NCCS(=O)(=O)O. The van der Waals surface area contributed by atoms with Crippen LogP contribution < -0.4 is 10.6 Å². The molecule has 0 aromatic carbocycles. The highest BCUT2D eigenvalue weighted by Crippen LogP contribution is 1.98. The fraction of sp³-hybridized carbons (Fsp3) is 0.667. The summed E-state index contributed by atoms with van der Waals surface area (Å²) in [5.74, 6) is -3.01. The third kappa shape index (κ3) is 9.97. The first kappa shape index (κ1) is 17.3. The van der Waals surface area contributed by atoms with E-state index in [2.05, 4.69) is 10.6 Å². The Morgan fingerprint density at radius 1 is 1.26 bits per heavy atom. The van der Waals surface area contributed by atoms with Crippen LogP contribution in [0.25, 0.3) is 0 Å². The lowest BCUT2D eigenvalue weighted by atomic mass is 10.1. The van der Waals surface area contributed by atoms with Gasteiger partial charge in [-0.25, -0.2) is 0 Å². The quantitative estimate of drug-likeness (QED) is 0.392. The van der Waals surface area contributed by atoms with Gasteiger partial charge in [-0.3, -0.25) is 18.9 Å². The lowest BCUT2D eigenvalue weighted by Gasteiger charge is -2.16. The van der Waals surface area contributed by atoms with Gasteiger partial charge in [0.25, 0.3) is 10.1 Å². The smallest absolute Gasteiger partial charge is 0.303 e. The van der Waals surface area contributed by atoms with Crippen molar-refractivity contribution in [3.8, 4) is 0 Å². The molecule has 0 unspecified atom stereocenters. The zero-order chi connectivity index (χ0) is 15.1. The molecular formula is C9H16N2O7S. The van der Waals surface area contributed by atoms with E-state index in [4.69, 9.17) is 9.66 Å². The van der Waals surface area contributed by atoms with Crippen LogP contribution in [0.3, 0.4) is 0 Å². The van der Waals surface area contributed by atoms with Gasteiger partial charge in [0.1, 0.15) is 6.04 Å². The van der Waals surface area contributed by atoms with E-state index in [0.29, 0.717) is 0 Å². The van der Waals surface area contributed by atoms with Crippen LogP contribution in [-0.4, -0.2) is 54.2 Å². The van der Waals surface area contributed by atoms with Gasteiger partial charge < -0.3 is 15.7 Å². The summed E-state index contributed by atoms with van der Waals surface area (Å²) in [5.41, 5.74) is 0. The predicted molar refractivity (Wildman–Crippen MR) is 63.9 cm³/mol. The number of aliphatic carboxylic acids is 1. The number of hydrogen-bond donors (Lipinski definition) is 4. The monoisotopic (exact) mass is 296 g/mol. The maximum absolute atomic E-state index is 11.6. The third-order valence-electron chi connectivity index (χ3n) is 2.00. The first-order valence-corrected chi connectivity index (χ1v) is 6.94. The molecular weight excluding hydrogens is 280 g/mol. The minimum absolute atomic E-state index is 0.118. The van der Waals surface area contributed by atoms with Crippen molar-refractivity contribution in [1.82, 2.24) is 10.6 Å². The van der Waals surface area contributed by atoms with Crippen molar-refractivity contribution in [2.45, 2.75) is 25.8 Å². The summed E-state index contributed by atoms with van der Waals surface area (Å²) in [4.78, 5) is 32.8. The maximum Gasteiger partial charge on any atom is 0.303 e. The highest BCUT2D eigenvalue weighted by atomic mass is 32.2. The Kier molecular flexibility index (Phi) is 7.01. The molecule has 0 aromatic rings. The second kappa shape index (κ2) is 7.69. The molecule has 0 heterocycles. The molecule has 0 aliphatic heterocycles. The molecule has 2 amide bonds. The van der Waals surface area contributed by atoms with Crippen molar-refractivity contribution in [1.29, 1.82) is 0 Å². The van der Waals surface area contributed by atoms with Crippen LogP contribution in [0.15, 0.2) is 0 Å². The van der Waals surface area contributed by atoms with Crippen molar-refractivity contribution in [3.63, 3.8) is 0 Å². The Hall–Kier alpha value is -1.68. The summed E-state index contributed by atoms with van der Waals surface area (Å²) in [6, 6.07) is -1.06. The maximum atomic E-state index is 11.6. The number of hydrogen-bond acceptors (Lipinski definition) is 5. The average molecular weight is 296 g/mol. The molecule has 9 nitrogen and oxygen atoms in total. The van der Waals surface area contributed by atoms with Crippen molar-refractivity contribution in [2.75, 3.05) is 12.3 Å². The molecule has 0 fully saturated rings. The minimum atomic E-state index is -4.19. The largest absolute Gasteiger partial charge is 0.481 e. The van der Waals surface area contributed by atoms with Gasteiger partial charge in [-0.05, 0) is 6.42 Å². The number of rotatable bonds is 8. The highest BCUT2D eigenvalue weighted by Gasteiger charge is 2.20. The lowest BCUT2D eigenvalue weighted by Crippen LogP contribution is -2.47. The summed E-state index contributed by atoms with van der Waals surface area (Å²) < 4.78 is 29.3. The Morgan fingerprint density at radius 2 is 1.84 bits per heavy atom. The summed E-state index contributed by atoms with van der Waals surface area (Å²) in [5, 5.41) is 12.9. The first-order chi connectivity index (χ1) is 8.61. The standard InChI is InChI=1S/C9H16N2O7S/c1-6(12)11-7(2-3-8(13)14)9(15)10-4-5-19(16,17)18/h7H,2-5H2,1H3,(H,10,15)(H,11,12)(H,13,14)(H,16,17,18)/t7-/m0/s1. The van der Waals surface area contributed by atoms with Crippen molar-refractivity contribution >= 4 is 27.9 Å². The molecule has 0 aliphatic carbocycles. The van der Waals surface area contributed by atoms with Gasteiger partial charge in [-0.2, -0.15) is 8.42 Å². The van der Waals surface area contributed by atoms with Crippen LogP contribution in [0.2, 0.25) is 0 Å².